The summed E-state index contributed by atoms with van der Waals surface area (Å²) in [5.41, 5.74) is 0.759. The standard InChI is InChI=1S/C12H17ClN2/c1-2-3-4-5-6-7-8-11-12(13)15-10-9-14-11/h7-10H,2-6H2,1H3/b8-7+. The Balaban J connectivity index is 2.29. The monoisotopic (exact) mass is 224 g/mol. The minimum absolute atomic E-state index is 0.474. The van der Waals surface area contributed by atoms with Crippen molar-refractivity contribution in [3.63, 3.8) is 0 Å². The van der Waals surface area contributed by atoms with Crippen LogP contribution in [0.1, 0.15) is 44.7 Å². The Morgan fingerprint density at radius 2 is 2.00 bits per heavy atom. The highest BCUT2D eigenvalue weighted by Crippen LogP contribution is 2.11. The second-order valence-electron chi connectivity index (χ2n) is 3.48. The number of aromatic nitrogens is 2. The van der Waals surface area contributed by atoms with Crippen LogP contribution < -0.4 is 0 Å². The van der Waals surface area contributed by atoms with Crippen LogP contribution in [-0.4, -0.2) is 9.97 Å². The van der Waals surface area contributed by atoms with Crippen LogP contribution in [0.2, 0.25) is 5.15 Å². The molecule has 0 bridgehead atoms. The molecule has 0 N–H and O–H groups in total. The summed E-state index contributed by atoms with van der Waals surface area (Å²) in [4.78, 5) is 8.09. The van der Waals surface area contributed by atoms with Crippen molar-refractivity contribution in [3.05, 3.63) is 29.3 Å². The van der Waals surface area contributed by atoms with Gasteiger partial charge in [0, 0.05) is 12.4 Å². The van der Waals surface area contributed by atoms with Gasteiger partial charge in [0.25, 0.3) is 0 Å². The van der Waals surface area contributed by atoms with Crippen molar-refractivity contribution in [2.45, 2.75) is 39.0 Å². The largest absolute Gasteiger partial charge is 0.252 e. The summed E-state index contributed by atoms with van der Waals surface area (Å²) in [6.45, 7) is 2.22. The molecule has 0 aliphatic carbocycles. The minimum Gasteiger partial charge on any atom is -0.252 e. The Hall–Kier alpha value is -0.890. The van der Waals surface area contributed by atoms with Crippen molar-refractivity contribution in [1.82, 2.24) is 9.97 Å². The van der Waals surface area contributed by atoms with Gasteiger partial charge in [0.2, 0.25) is 0 Å². The van der Waals surface area contributed by atoms with Crippen molar-refractivity contribution in [1.29, 1.82) is 0 Å². The third-order valence-corrected chi connectivity index (χ3v) is 2.47. The Morgan fingerprint density at radius 1 is 1.20 bits per heavy atom. The lowest BCUT2D eigenvalue weighted by Gasteiger charge is -1.95. The minimum atomic E-state index is 0.474. The average Bonchev–Trinajstić information content (AvgIpc) is 2.25. The van der Waals surface area contributed by atoms with Crippen molar-refractivity contribution in [2.75, 3.05) is 0 Å². The molecule has 82 valence electrons. The summed E-state index contributed by atoms with van der Waals surface area (Å²) in [7, 11) is 0. The van der Waals surface area contributed by atoms with Crippen molar-refractivity contribution >= 4 is 17.7 Å². The molecule has 1 rings (SSSR count). The lowest BCUT2D eigenvalue weighted by molar-refractivity contribution is 0.675. The van der Waals surface area contributed by atoms with E-state index in [1.807, 2.05) is 6.08 Å². The van der Waals surface area contributed by atoms with Gasteiger partial charge in [-0.1, -0.05) is 43.9 Å². The first-order valence-electron chi connectivity index (χ1n) is 5.47. The Kier molecular flexibility index (Phi) is 6.02. The highest BCUT2D eigenvalue weighted by molar-refractivity contribution is 6.30. The molecule has 2 nitrogen and oxygen atoms in total. The molecule has 0 saturated heterocycles. The molecule has 1 aromatic rings. The maximum atomic E-state index is 5.86. The van der Waals surface area contributed by atoms with Gasteiger partial charge in [-0.15, -0.1) is 0 Å². The zero-order valence-electron chi connectivity index (χ0n) is 9.12. The van der Waals surface area contributed by atoms with E-state index >= 15 is 0 Å². The van der Waals surface area contributed by atoms with Gasteiger partial charge in [-0.25, -0.2) is 4.98 Å². The molecule has 0 aromatic carbocycles. The fraction of sp³-hybridized carbons (Fsp3) is 0.500. The summed E-state index contributed by atoms with van der Waals surface area (Å²) in [5, 5.41) is 0.474. The lowest BCUT2D eigenvalue weighted by Crippen LogP contribution is -1.84. The molecule has 0 saturated carbocycles. The maximum absolute atomic E-state index is 5.86. The molecule has 0 aliphatic rings. The normalized spacial score (nSPS) is 11.1. The first-order chi connectivity index (χ1) is 7.34. The average molecular weight is 225 g/mol. The van der Waals surface area contributed by atoms with Gasteiger partial charge in [-0.3, -0.25) is 4.98 Å². The van der Waals surface area contributed by atoms with Gasteiger partial charge in [0.1, 0.15) is 0 Å². The molecule has 0 aliphatic heterocycles. The second-order valence-corrected chi connectivity index (χ2v) is 3.84. The van der Waals surface area contributed by atoms with Crippen LogP contribution in [0.3, 0.4) is 0 Å². The van der Waals surface area contributed by atoms with E-state index in [1.54, 1.807) is 12.4 Å². The van der Waals surface area contributed by atoms with E-state index in [2.05, 4.69) is 23.0 Å². The van der Waals surface area contributed by atoms with Crippen LogP contribution in [0.25, 0.3) is 6.08 Å². The predicted octanol–water partition coefficient (Wildman–Crippen LogP) is 4.11. The number of rotatable bonds is 6. The van der Waals surface area contributed by atoms with Gasteiger partial charge in [-0.05, 0) is 18.9 Å². The zero-order valence-corrected chi connectivity index (χ0v) is 9.87. The summed E-state index contributed by atoms with van der Waals surface area (Å²) in [6, 6.07) is 0. The Labute approximate surface area is 96.4 Å². The molecule has 0 fully saturated rings. The quantitative estimate of drug-likeness (QED) is 0.680. The molecular weight excluding hydrogens is 208 g/mol. The van der Waals surface area contributed by atoms with Crippen molar-refractivity contribution in [3.8, 4) is 0 Å². The Bertz CT molecular complexity index is 310. The molecule has 0 atom stereocenters. The molecule has 1 aromatic heterocycles. The predicted molar refractivity (Wildman–Crippen MR) is 64.8 cm³/mol. The lowest BCUT2D eigenvalue weighted by atomic mass is 10.1. The smallest absolute Gasteiger partial charge is 0.154 e. The molecule has 0 amide bonds. The molecular formula is C12H17ClN2. The van der Waals surface area contributed by atoms with Crippen LogP contribution in [0.4, 0.5) is 0 Å². The van der Waals surface area contributed by atoms with Crippen LogP contribution in [0.5, 0.6) is 0 Å². The molecule has 0 spiro atoms. The van der Waals surface area contributed by atoms with E-state index in [0.29, 0.717) is 5.15 Å². The first-order valence-corrected chi connectivity index (χ1v) is 5.85. The van der Waals surface area contributed by atoms with E-state index in [9.17, 15) is 0 Å². The fourth-order valence-electron chi connectivity index (χ4n) is 1.33. The number of unbranched alkanes of at least 4 members (excludes halogenated alkanes) is 4. The molecule has 0 radical (unpaired) electrons. The summed E-state index contributed by atoms with van der Waals surface area (Å²) in [6.07, 6.45) is 13.5. The fourth-order valence-corrected chi connectivity index (χ4v) is 1.50. The number of halogens is 1. The topological polar surface area (TPSA) is 25.8 Å². The van der Waals surface area contributed by atoms with Gasteiger partial charge >= 0.3 is 0 Å². The van der Waals surface area contributed by atoms with Gasteiger partial charge in [0.05, 0.1) is 5.69 Å². The number of hydrogen-bond acceptors (Lipinski definition) is 2. The van der Waals surface area contributed by atoms with E-state index in [-0.39, 0.29) is 0 Å². The van der Waals surface area contributed by atoms with Crippen LogP contribution >= 0.6 is 11.6 Å². The molecule has 15 heavy (non-hydrogen) atoms. The number of allylic oxidation sites excluding steroid dienone is 1. The third-order valence-electron chi connectivity index (χ3n) is 2.18. The highest BCUT2D eigenvalue weighted by atomic mass is 35.5. The summed E-state index contributed by atoms with van der Waals surface area (Å²) in [5.74, 6) is 0. The van der Waals surface area contributed by atoms with E-state index < -0.39 is 0 Å². The molecule has 3 heteroatoms. The number of hydrogen-bond donors (Lipinski definition) is 0. The van der Waals surface area contributed by atoms with Gasteiger partial charge in [-0.2, -0.15) is 0 Å². The maximum Gasteiger partial charge on any atom is 0.154 e. The number of nitrogens with zero attached hydrogens (tertiary/aromatic N) is 2. The van der Waals surface area contributed by atoms with Crippen LogP contribution in [0.15, 0.2) is 18.5 Å². The van der Waals surface area contributed by atoms with E-state index in [4.69, 9.17) is 11.6 Å². The van der Waals surface area contributed by atoms with Gasteiger partial charge < -0.3 is 0 Å². The van der Waals surface area contributed by atoms with Gasteiger partial charge in [0.15, 0.2) is 5.15 Å². The first kappa shape index (κ1) is 12.2. The SMILES string of the molecule is CCCCCC/C=C/c1nccnc1Cl. The second kappa shape index (κ2) is 7.41. The third kappa shape index (κ3) is 4.93. The zero-order chi connectivity index (χ0) is 10.9. The van der Waals surface area contributed by atoms with Crippen LogP contribution in [-0.2, 0) is 0 Å². The van der Waals surface area contributed by atoms with Crippen molar-refractivity contribution < 1.29 is 0 Å². The summed E-state index contributed by atoms with van der Waals surface area (Å²) < 4.78 is 0. The summed E-state index contributed by atoms with van der Waals surface area (Å²) >= 11 is 5.86. The van der Waals surface area contributed by atoms with Crippen molar-refractivity contribution in [2.24, 2.45) is 0 Å². The molecule has 1 heterocycles. The Morgan fingerprint density at radius 3 is 2.73 bits per heavy atom. The van der Waals surface area contributed by atoms with E-state index in [1.165, 1.54) is 25.7 Å². The van der Waals surface area contributed by atoms with E-state index in [0.717, 1.165) is 12.1 Å². The van der Waals surface area contributed by atoms with Crippen LogP contribution in [0, 0.1) is 0 Å². The molecule has 0 unspecified atom stereocenters. The highest BCUT2D eigenvalue weighted by Gasteiger charge is 1.95.